The second-order valence-corrected chi connectivity index (χ2v) is 20.6. The fraction of sp³-hybridized carbons (Fsp3) is 0.277. The molecule has 1 aromatic heterocycles. The van der Waals surface area contributed by atoms with Gasteiger partial charge in [-0.3, -0.25) is 19.2 Å². The number of nitrogens with zero attached hydrogens (tertiary/aromatic N) is 5. The van der Waals surface area contributed by atoms with Crippen LogP contribution in [0.25, 0.3) is 0 Å². The third-order valence-corrected chi connectivity index (χ3v) is 16.7. The van der Waals surface area contributed by atoms with Crippen molar-refractivity contribution in [3.63, 3.8) is 0 Å². The zero-order valence-corrected chi connectivity index (χ0v) is 34.3. The lowest BCUT2D eigenvalue weighted by molar-refractivity contribution is -0.146. The van der Waals surface area contributed by atoms with Crippen LogP contribution in [0.15, 0.2) is 140 Å². The summed E-state index contributed by atoms with van der Waals surface area (Å²) in [7, 11) is -0.699. The van der Waals surface area contributed by atoms with Gasteiger partial charge in [0.2, 0.25) is 6.41 Å². The minimum absolute atomic E-state index is 0.0469. The second kappa shape index (κ2) is 16.2. The van der Waals surface area contributed by atoms with Crippen LogP contribution in [0.3, 0.4) is 0 Å². The van der Waals surface area contributed by atoms with Gasteiger partial charge in [-0.25, -0.2) is 0 Å². The van der Waals surface area contributed by atoms with E-state index in [1.165, 1.54) is 5.19 Å². The number of aliphatic hydroxyl groups is 1. The maximum atomic E-state index is 15.3. The number of hydrogen-bond donors (Lipinski definition) is 1. The predicted molar refractivity (Wildman–Crippen MR) is 228 cm³/mol. The van der Waals surface area contributed by atoms with E-state index in [2.05, 4.69) is 42.5 Å². The highest BCUT2D eigenvalue weighted by atomic mass is 28.3. The van der Waals surface area contributed by atoms with Gasteiger partial charge in [0.25, 0.3) is 5.91 Å². The van der Waals surface area contributed by atoms with Crippen molar-refractivity contribution in [2.24, 2.45) is 5.92 Å². The van der Waals surface area contributed by atoms with Gasteiger partial charge in [0, 0.05) is 35.6 Å². The van der Waals surface area contributed by atoms with Crippen LogP contribution < -0.4 is 19.7 Å². The van der Waals surface area contributed by atoms with Gasteiger partial charge in [-0.2, -0.15) is 0 Å². The molecule has 1 N–H and O–H groups in total. The Morgan fingerprint density at radius 1 is 0.914 bits per heavy atom. The molecule has 5 atom stereocenters. The Bertz CT molecular complexity index is 2370. The molecule has 58 heavy (non-hydrogen) atoms. The largest absolute Gasteiger partial charge is 0.497 e. The molecule has 2 aliphatic heterocycles. The number of carbonyl (C=O) groups is 2. The van der Waals surface area contributed by atoms with Crippen LogP contribution in [0.1, 0.15) is 41.6 Å². The summed E-state index contributed by atoms with van der Waals surface area (Å²) in [6.07, 6.45) is 3.07. The SMILES string of the molecule is COc1ccc([Si](C)(C)[C@@H]2[C@@H](CCn3cc(C(CO)c4ccccc4)nn3)O[C@]3(C(=O)N(Cc4cccc(N(C=O)c5ccccc5)c4)c4ccccc43)[C@H]2C)cc1. The predicted octanol–water partition coefficient (Wildman–Crippen LogP) is 7.56. The molecule has 1 saturated heterocycles. The third-order valence-electron chi connectivity index (χ3n) is 12.4. The molecule has 0 bridgehead atoms. The van der Waals surface area contributed by atoms with Gasteiger partial charge in [0.05, 0.1) is 51.7 Å². The van der Waals surface area contributed by atoms with Crippen LogP contribution in [0.2, 0.25) is 18.6 Å². The Kier molecular flexibility index (Phi) is 10.9. The van der Waals surface area contributed by atoms with Crippen molar-refractivity contribution in [3.05, 3.63) is 162 Å². The van der Waals surface area contributed by atoms with Gasteiger partial charge >= 0.3 is 0 Å². The first-order valence-corrected chi connectivity index (χ1v) is 23.0. The summed E-state index contributed by atoms with van der Waals surface area (Å²) in [5.74, 6) is 0.272. The first-order valence-electron chi connectivity index (χ1n) is 19.9. The van der Waals surface area contributed by atoms with Crippen molar-refractivity contribution in [1.29, 1.82) is 0 Å². The van der Waals surface area contributed by atoms with Crippen LogP contribution in [-0.2, 0) is 33.0 Å². The Labute approximate surface area is 340 Å². The van der Waals surface area contributed by atoms with Crippen molar-refractivity contribution < 1.29 is 24.2 Å². The molecule has 5 aromatic carbocycles. The summed E-state index contributed by atoms with van der Waals surface area (Å²) in [6.45, 7) is 7.71. The number of hydrogen-bond acceptors (Lipinski definition) is 7. The molecule has 8 rings (SSSR count). The van der Waals surface area contributed by atoms with E-state index in [9.17, 15) is 9.90 Å². The molecule has 3 heterocycles. The molecule has 0 radical (unpaired) electrons. The number of rotatable bonds is 14. The number of benzene rings is 5. The topological polar surface area (TPSA) is 110 Å². The van der Waals surface area contributed by atoms with Gasteiger partial charge in [0.1, 0.15) is 5.75 Å². The Morgan fingerprint density at radius 2 is 1.60 bits per heavy atom. The average Bonchev–Trinajstić information content (AvgIpc) is 3.92. The van der Waals surface area contributed by atoms with E-state index < -0.39 is 13.7 Å². The number of carbonyl (C=O) groups excluding carboxylic acids is 2. The number of amides is 2. The number of aryl methyl sites for hydroxylation is 1. The normalized spacial score (nSPS) is 20.6. The Balaban J connectivity index is 1.13. The monoisotopic (exact) mass is 791 g/mol. The molecule has 0 saturated carbocycles. The molecule has 1 unspecified atom stereocenters. The van der Waals surface area contributed by atoms with E-state index in [0.29, 0.717) is 25.2 Å². The van der Waals surface area contributed by atoms with Gasteiger partial charge in [-0.1, -0.05) is 121 Å². The van der Waals surface area contributed by atoms with Crippen LogP contribution in [0.4, 0.5) is 17.1 Å². The van der Waals surface area contributed by atoms with Crippen molar-refractivity contribution in [1.82, 2.24) is 15.0 Å². The molecule has 2 aliphatic rings. The summed E-state index contributed by atoms with van der Waals surface area (Å²) >= 11 is 0. The first-order chi connectivity index (χ1) is 28.2. The zero-order valence-electron chi connectivity index (χ0n) is 33.3. The highest BCUT2D eigenvalue weighted by Crippen LogP contribution is 2.60. The van der Waals surface area contributed by atoms with E-state index >= 15 is 4.79 Å². The third kappa shape index (κ3) is 6.93. The quantitative estimate of drug-likeness (QED) is 0.0897. The Morgan fingerprint density at radius 3 is 2.31 bits per heavy atom. The van der Waals surface area contributed by atoms with Gasteiger partial charge in [0.15, 0.2) is 5.60 Å². The fourth-order valence-corrected chi connectivity index (χ4v) is 13.5. The minimum atomic E-state index is -2.37. The number of ether oxygens (including phenoxy) is 2. The van der Waals surface area contributed by atoms with Crippen LogP contribution in [0, 0.1) is 5.92 Å². The second-order valence-electron chi connectivity index (χ2n) is 15.9. The van der Waals surface area contributed by atoms with Crippen molar-refractivity contribution >= 4 is 42.6 Å². The standard InChI is InChI=1S/C47H49N5O5Si/c1-33-45(58(3,4)39-24-22-38(56-2)23-25-39)44(26-27-50-30-42(48-49-50)40(31-53)35-15-7-5-8-16-35)57-47(33)41-20-11-12-21-43(41)51(46(47)55)29-34-14-13-19-37(28-34)52(32-54)36-17-9-6-10-18-36/h5-25,28,30,32-33,40,44-45,53H,26-27,29,31H2,1-4H3/t33-,40?,44+,45-,47+/m0/s1. The molecule has 6 aromatic rings. The molecular weight excluding hydrogens is 743 g/mol. The fourth-order valence-electron chi connectivity index (χ4n) is 9.44. The zero-order chi connectivity index (χ0) is 40.4. The van der Waals surface area contributed by atoms with Crippen LogP contribution >= 0.6 is 0 Å². The molecule has 296 valence electrons. The number of aliphatic hydroxyl groups excluding tert-OH is 1. The van der Waals surface area contributed by atoms with E-state index in [4.69, 9.17) is 9.47 Å². The maximum Gasteiger partial charge on any atom is 0.264 e. The summed E-state index contributed by atoms with van der Waals surface area (Å²) in [5, 5.41) is 20.6. The van der Waals surface area contributed by atoms with Crippen LogP contribution in [0.5, 0.6) is 5.75 Å². The number of fused-ring (bicyclic) bond motifs is 2. The summed E-state index contributed by atoms with van der Waals surface area (Å²) in [6, 6.07) is 43.6. The number of aromatic nitrogens is 3. The molecule has 1 spiro atoms. The number of anilines is 3. The maximum absolute atomic E-state index is 15.3. The molecule has 0 aliphatic carbocycles. The van der Waals surface area contributed by atoms with Crippen LogP contribution in [-0.4, -0.2) is 60.3 Å². The number of para-hydroxylation sites is 2. The molecule has 10 nitrogen and oxygen atoms in total. The molecule has 2 amide bonds. The lowest BCUT2D eigenvalue weighted by Crippen LogP contribution is -2.51. The summed E-state index contributed by atoms with van der Waals surface area (Å²) in [4.78, 5) is 31.1. The van der Waals surface area contributed by atoms with Crippen molar-refractivity contribution in [3.8, 4) is 5.75 Å². The summed E-state index contributed by atoms with van der Waals surface area (Å²) < 4.78 is 14.7. The molecule has 1 fully saturated rings. The van der Waals surface area contributed by atoms with Crippen molar-refractivity contribution in [2.75, 3.05) is 23.5 Å². The highest BCUT2D eigenvalue weighted by molar-refractivity contribution is 6.91. The Hall–Kier alpha value is -5.88. The number of methoxy groups -OCH3 is 1. The van der Waals surface area contributed by atoms with Gasteiger partial charge in [-0.15, -0.1) is 5.10 Å². The molecule has 11 heteroatoms. The smallest absolute Gasteiger partial charge is 0.264 e. The van der Waals surface area contributed by atoms with E-state index in [1.807, 2.05) is 137 Å². The minimum Gasteiger partial charge on any atom is -0.497 e. The van der Waals surface area contributed by atoms with E-state index in [-0.39, 0.29) is 36.0 Å². The lowest BCUT2D eigenvalue weighted by Gasteiger charge is -2.37. The molecular formula is C47H49N5O5Si. The highest BCUT2D eigenvalue weighted by Gasteiger charge is 2.66. The first kappa shape index (κ1) is 39.0. The van der Waals surface area contributed by atoms with Gasteiger partial charge < -0.3 is 19.5 Å². The average molecular weight is 792 g/mol. The van der Waals surface area contributed by atoms with E-state index in [1.54, 1.807) is 12.0 Å². The van der Waals surface area contributed by atoms with Gasteiger partial charge in [-0.05, 0) is 65.6 Å². The van der Waals surface area contributed by atoms with Crippen molar-refractivity contribution in [2.45, 2.75) is 62.7 Å². The van der Waals surface area contributed by atoms with E-state index in [0.717, 1.165) is 45.9 Å². The summed E-state index contributed by atoms with van der Waals surface area (Å²) in [5.41, 5.74) is 4.61. The lowest BCUT2D eigenvalue weighted by atomic mass is 9.82.